The van der Waals surface area contributed by atoms with Gasteiger partial charge < -0.3 is 23.7 Å². The summed E-state index contributed by atoms with van der Waals surface area (Å²) in [5.41, 5.74) is 2.01. The molecule has 0 unspecified atom stereocenters. The molecule has 1 atom stereocenters. The van der Waals surface area contributed by atoms with Crippen molar-refractivity contribution in [1.29, 1.82) is 0 Å². The number of thiazole rings is 1. The van der Waals surface area contributed by atoms with Crippen LogP contribution in [0.2, 0.25) is 5.02 Å². The number of rotatable bonds is 9. The predicted molar refractivity (Wildman–Crippen MR) is 177 cm³/mol. The summed E-state index contributed by atoms with van der Waals surface area (Å²) in [6.45, 7) is 1.84. The lowest BCUT2D eigenvalue weighted by Crippen LogP contribution is -2.40. The number of esters is 1. The first-order valence-electron chi connectivity index (χ1n) is 14.4. The van der Waals surface area contributed by atoms with E-state index in [9.17, 15) is 19.5 Å². The maximum absolute atomic E-state index is 14.2. The Morgan fingerprint density at radius 3 is 2.45 bits per heavy atom. The summed E-state index contributed by atoms with van der Waals surface area (Å²) < 4.78 is 24.3. The fourth-order valence-corrected chi connectivity index (χ4v) is 6.58. The van der Waals surface area contributed by atoms with Crippen LogP contribution < -0.4 is 24.4 Å². The van der Waals surface area contributed by atoms with Crippen molar-refractivity contribution in [2.24, 2.45) is 4.99 Å². The van der Waals surface area contributed by atoms with Crippen LogP contribution in [0, 0.1) is 0 Å². The first-order chi connectivity index (χ1) is 22.7. The Hall–Kier alpha value is -5.39. The first kappa shape index (κ1) is 31.6. The monoisotopic (exact) mass is 670 g/mol. The van der Waals surface area contributed by atoms with Crippen molar-refractivity contribution in [3.05, 3.63) is 132 Å². The van der Waals surface area contributed by atoms with E-state index in [1.165, 1.54) is 30.9 Å². The Labute approximate surface area is 277 Å². The molecule has 12 heteroatoms. The molecular formula is C35H27ClN2O8S. The van der Waals surface area contributed by atoms with E-state index in [2.05, 4.69) is 0 Å². The number of halogens is 1. The zero-order valence-corrected chi connectivity index (χ0v) is 26.9. The summed E-state index contributed by atoms with van der Waals surface area (Å²) in [5, 5.41) is 9.37. The normalized spacial score (nSPS) is 14.4. The Morgan fingerprint density at radius 1 is 1.00 bits per heavy atom. The minimum atomic E-state index is -1.13. The molecule has 6 rings (SSSR count). The van der Waals surface area contributed by atoms with E-state index in [1.807, 2.05) is 30.3 Å². The van der Waals surface area contributed by atoms with Crippen molar-refractivity contribution in [1.82, 2.24) is 4.57 Å². The second-order valence-corrected chi connectivity index (χ2v) is 11.7. The number of hydrogen-bond donors (Lipinski definition) is 1. The van der Waals surface area contributed by atoms with Gasteiger partial charge in [-0.25, -0.2) is 14.6 Å². The average molecular weight is 671 g/mol. The third kappa shape index (κ3) is 5.98. The van der Waals surface area contributed by atoms with Crippen LogP contribution in [0.4, 0.5) is 0 Å². The number of benzene rings is 3. The molecule has 3 heterocycles. The van der Waals surface area contributed by atoms with E-state index in [1.54, 1.807) is 49.4 Å². The van der Waals surface area contributed by atoms with Gasteiger partial charge in [0, 0.05) is 17.2 Å². The van der Waals surface area contributed by atoms with Crippen LogP contribution in [0.5, 0.6) is 11.5 Å². The van der Waals surface area contributed by atoms with Gasteiger partial charge in [-0.2, -0.15) is 0 Å². The number of carboxylic acid groups (broad SMARTS) is 1. The summed E-state index contributed by atoms with van der Waals surface area (Å²) in [5.74, 6) is -0.0204. The highest BCUT2D eigenvalue weighted by molar-refractivity contribution is 7.07. The number of fused-ring (bicyclic) bond motifs is 1. The fraction of sp³-hybridized carbons (Fsp3) is 0.143. The van der Waals surface area contributed by atoms with Crippen LogP contribution in [0.15, 0.2) is 98.6 Å². The lowest BCUT2D eigenvalue weighted by atomic mass is 9.93. The van der Waals surface area contributed by atoms with Crippen molar-refractivity contribution in [3.8, 4) is 22.8 Å². The van der Waals surface area contributed by atoms with Gasteiger partial charge in [-0.3, -0.25) is 9.36 Å². The minimum absolute atomic E-state index is 0.0237. The molecule has 2 aromatic heterocycles. The van der Waals surface area contributed by atoms with Gasteiger partial charge in [-0.05, 0) is 48.9 Å². The second-order valence-electron chi connectivity index (χ2n) is 10.2. The number of aromatic nitrogens is 1. The molecule has 5 aromatic rings. The van der Waals surface area contributed by atoms with Gasteiger partial charge in [-0.1, -0.05) is 65.4 Å². The Kier molecular flexibility index (Phi) is 8.84. The molecule has 0 aliphatic carbocycles. The number of furan rings is 1. The second kappa shape index (κ2) is 13.1. The third-order valence-corrected chi connectivity index (χ3v) is 8.78. The molecule has 10 nitrogen and oxygen atoms in total. The molecule has 1 aliphatic rings. The number of carbonyl (C=O) groups is 2. The summed E-state index contributed by atoms with van der Waals surface area (Å²) >= 11 is 7.32. The number of ether oxygens (including phenoxy) is 3. The number of aromatic carboxylic acids is 1. The number of carboxylic acids is 1. The lowest BCUT2D eigenvalue weighted by Gasteiger charge is -2.26. The molecule has 0 spiro atoms. The molecule has 0 radical (unpaired) electrons. The van der Waals surface area contributed by atoms with Gasteiger partial charge in [0.25, 0.3) is 5.56 Å². The highest BCUT2D eigenvalue weighted by Gasteiger charge is 2.35. The van der Waals surface area contributed by atoms with Crippen LogP contribution in [-0.2, 0) is 9.53 Å². The highest BCUT2D eigenvalue weighted by Crippen LogP contribution is 2.38. The SMILES string of the molecule is CCOC(=O)C1=C(c2ccccc2)N=c2s/c(=C\c3ccc(-c4ccc(C(=O)O)c(Cl)c4)o3)c(=O)n2[C@@H]1c1ccc(OC)c(OC)c1. The molecule has 47 heavy (non-hydrogen) atoms. The molecule has 0 bridgehead atoms. The number of carbonyl (C=O) groups excluding carboxylic acids is 1. The molecular weight excluding hydrogens is 644 g/mol. The standard InChI is InChI=1S/C35H27ClN2O8S/c1-4-45-34(42)29-30(19-8-6-5-7-9-19)37-35-38(31(29)21-11-14-26(43-2)27(17-21)44-3)32(39)28(47-35)18-22-12-15-25(46-22)20-10-13-23(33(40)41)24(36)16-20/h5-18,31H,4H2,1-3H3,(H,40,41)/b28-18-/t31-/m1/s1. The summed E-state index contributed by atoms with van der Waals surface area (Å²) in [6, 6.07) is 21.5. The maximum Gasteiger partial charge on any atom is 0.338 e. The number of methoxy groups -OCH3 is 2. The maximum atomic E-state index is 14.2. The van der Waals surface area contributed by atoms with Crippen LogP contribution in [0.3, 0.4) is 0 Å². The molecule has 3 aromatic carbocycles. The zero-order chi connectivity index (χ0) is 33.2. The van der Waals surface area contributed by atoms with Gasteiger partial charge >= 0.3 is 11.9 Å². The summed E-state index contributed by atoms with van der Waals surface area (Å²) in [7, 11) is 3.04. The summed E-state index contributed by atoms with van der Waals surface area (Å²) in [6.07, 6.45) is 1.60. The lowest BCUT2D eigenvalue weighted by molar-refractivity contribution is -0.138. The Bertz CT molecular complexity index is 2230. The zero-order valence-electron chi connectivity index (χ0n) is 25.4. The predicted octanol–water partition coefficient (Wildman–Crippen LogP) is 5.56. The van der Waals surface area contributed by atoms with Crippen LogP contribution >= 0.6 is 22.9 Å². The Morgan fingerprint density at radius 2 is 1.77 bits per heavy atom. The van der Waals surface area contributed by atoms with Crippen molar-refractivity contribution >= 4 is 46.6 Å². The largest absolute Gasteiger partial charge is 0.493 e. The molecule has 238 valence electrons. The molecule has 0 saturated carbocycles. The van der Waals surface area contributed by atoms with Gasteiger partial charge in [0.1, 0.15) is 11.5 Å². The van der Waals surface area contributed by atoms with E-state index in [4.69, 9.17) is 35.2 Å². The van der Waals surface area contributed by atoms with Crippen LogP contribution in [-0.4, -0.2) is 42.4 Å². The van der Waals surface area contributed by atoms with Gasteiger partial charge in [0.2, 0.25) is 0 Å². The molecule has 0 amide bonds. The van der Waals surface area contributed by atoms with Crippen molar-refractivity contribution in [2.45, 2.75) is 13.0 Å². The topological polar surface area (TPSA) is 130 Å². The van der Waals surface area contributed by atoms with Crippen molar-refractivity contribution < 1.29 is 33.3 Å². The Balaban J connectivity index is 1.54. The van der Waals surface area contributed by atoms with Crippen LogP contribution in [0.25, 0.3) is 23.1 Å². The van der Waals surface area contributed by atoms with E-state index in [-0.39, 0.29) is 22.8 Å². The quantitative estimate of drug-likeness (QED) is 0.202. The first-order valence-corrected chi connectivity index (χ1v) is 15.6. The third-order valence-electron chi connectivity index (χ3n) is 7.48. The van der Waals surface area contributed by atoms with E-state index in [0.29, 0.717) is 54.7 Å². The van der Waals surface area contributed by atoms with E-state index in [0.717, 1.165) is 11.3 Å². The van der Waals surface area contributed by atoms with Crippen LogP contribution in [0.1, 0.15) is 40.2 Å². The molecule has 1 N–H and O–H groups in total. The van der Waals surface area contributed by atoms with Gasteiger partial charge in [-0.15, -0.1) is 0 Å². The minimum Gasteiger partial charge on any atom is -0.493 e. The smallest absolute Gasteiger partial charge is 0.338 e. The van der Waals surface area contributed by atoms with Gasteiger partial charge in [0.05, 0.1) is 53.3 Å². The average Bonchev–Trinajstić information content (AvgIpc) is 3.67. The summed E-state index contributed by atoms with van der Waals surface area (Å²) in [4.78, 5) is 44.5. The molecule has 1 aliphatic heterocycles. The van der Waals surface area contributed by atoms with Gasteiger partial charge in [0.15, 0.2) is 16.3 Å². The van der Waals surface area contributed by atoms with E-state index >= 15 is 0 Å². The fourth-order valence-electron chi connectivity index (χ4n) is 5.34. The number of hydrogen-bond acceptors (Lipinski definition) is 9. The van der Waals surface area contributed by atoms with Crippen molar-refractivity contribution in [3.63, 3.8) is 0 Å². The molecule has 0 saturated heterocycles. The molecule has 0 fully saturated rings. The van der Waals surface area contributed by atoms with Crippen molar-refractivity contribution in [2.75, 3.05) is 20.8 Å². The number of nitrogens with zero attached hydrogens (tertiary/aromatic N) is 2. The van der Waals surface area contributed by atoms with E-state index < -0.39 is 23.5 Å². The highest BCUT2D eigenvalue weighted by atomic mass is 35.5.